The van der Waals surface area contributed by atoms with Crippen LogP contribution in [0.5, 0.6) is 17.2 Å². The predicted molar refractivity (Wildman–Crippen MR) is 150 cm³/mol. The molecule has 5 rings (SSSR count). The summed E-state index contributed by atoms with van der Waals surface area (Å²) in [6.07, 6.45) is -5.62. The van der Waals surface area contributed by atoms with E-state index in [4.69, 9.17) is 25.8 Å². The number of ether oxygens (including phenoxy) is 3. The number of carbonyl (C=O) groups is 2. The van der Waals surface area contributed by atoms with Gasteiger partial charge in [0.2, 0.25) is 5.60 Å². The lowest BCUT2D eigenvalue weighted by Crippen LogP contribution is -2.51. The number of fused-ring (bicyclic) bond motifs is 1. The van der Waals surface area contributed by atoms with Crippen molar-refractivity contribution in [3.8, 4) is 28.5 Å². The molecule has 9 nitrogen and oxygen atoms in total. The van der Waals surface area contributed by atoms with Gasteiger partial charge in [0.25, 0.3) is 11.8 Å². The Morgan fingerprint density at radius 2 is 1.95 bits per heavy atom. The highest BCUT2D eigenvalue weighted by Gasteiger charge is 2.57. The van der Waals surface area contributed by atoms with Gasteiger partial charge in [0.15, 0.2) is 17.6 Å². The van der Waals surface area contributed by atoms with E-state index < -0.39 is 47.3 Å². The number of halogens is 5. The first-order chi connectivity index (χ1) is 20.6. The number of hydrogen-bond donors (Lipinski definition) is 3. The van der Waals surface area contributed by atoms with Crippen molar-refractivity contribution in [1.29, 1.82) is 0 Å². The second kappa shape index (κ2) is 11.4. The molecule has 2 unspecified atom stereocenters. The van der Waals surface area contributed by atoms with Crippen LogP contribution in [0, 0.1) is 5.82 Å². The molecule has 14 heteroatoms. The summed E-state index contributed by atoms with van der Waals surface area (Å²) in [6, 6.07) is 8.53. The van der Waals surface area contributed by atoms with Gasteiger partial charge in [-0.3, -0.25) is 9.59 Å². The van der Waals surface area contributed by atoms with Crippen molar-refractivity contribution in [2.24, 2.45) is 0 Å². The molecule has 1 saturated heterocycles. The Morgan fingerprint density at radius 1 is 1.20 bits per heavy atom. The van der Waals surface area contributed by atoms with E-state index in [9.17, 15) is 32.3 Å². The van der Waals surface area contributed by atoms with Crippen LogP contribution >= 0.6 is 11.6 Å². The fourth-order valence-electron chi connectivity index (χ4n) is 4.95. The summed E-state index contributed by atoms with van der Waals surface area (Å²) in [4.78, 5) is 29.0. The molecule has 2 atom stereocenters. The van der Waals surface area contributed by atoms with Gasteiger partial charge in [-0.1, -0.05) is 25.4 Å². The summed E-state index contributed by atoms with van der Waals surface area (Å²) in [5, 5.41) is 15.7. The number of benzene rings is 2. The van der Waals surface area contributed by atoms with Crippen molar-refractivity contribution >= 4 is 23.4 Å². The maximum absolute atomic E-state index is 14.6. The lowest BCUT2D eigenvalue weighted by Gasteiger charge is -2.31. The lowest BCUT2D eigenvalue weighted by molar-refractivity contribution is -0.265. The summed E-state index contributed by atoms with van der Waals surface area (Å²) in [5.41, 5.74) is -4.86. The van der Waals surface area contributed by atoms with Crippen molar-refractivity contribution in [2.75, 3.05) is 26.8 Å². The summed E-state index contributed by atoms with van der Waals surface area (Å²) < 4.78 is 74.5. The van der Waals surface area contributed by atoms with Gasteiger partial charge in [-0.05, 0) is 42.5 Å². The summed E-state index contributed by atoms with van der Waals surface area (Å²) in [5.74, 6) is -1.57. The first kappa shape index (κ1) is 31.3. The Morgan fingerprint density at radius 3 is 2.59 bits per heavy atom. The van der Waals surface area contributed by atoms with Gasteiger partial charge in [-0.15, -0.1) is 0 Å². The van der Waals surface area contributed by atoms with Crippen LogP contribution < -0.4 is 24.8 Å². The van der Waals surface area contributed by atoms with Crippen LogP contribution in [0.25, 0.3) is 11.3 Å². The highest BCUT2D eigenvalue weighted by Crippen LogP contribution is 2.48. The molecule has 1 aromatic heterocycles. The second-order valence-corrected chi connectivity index (χ2v) is 11.5. The predicted octanol–water partition coefficient (Wildman–Crippen LogP) is 4.67. The molecule has 3 heterocycles. The molecule has 3 N–H and O–H groups in total. The summed E-state index contributed by atoms with van der Waals surface area (Å²) >= 11 is 5.94. The Bertz CT molecular complexity index is 1630. The maximum Gasteiger partial charge on any atom is 0.424 e. The Hall–Kier alpha value is -4.10. The highest BCUT2D eigenvalue weighted by molar-refractivity contribution is 6.31. The van der Waals surface area contributed by atoms with Gasteiger partial charge in [-0.25, -0.2) is 9.37 Å². The zero-order valence-corrected chi connectivity index (χ0v) is 24.5. The van der Waals surface area contributed by atoms with Crippen molar-refractivity contribution in [3.05, 3.63) is 70.1 Å². The van der Waals surface area contributed by atoms with E-state index >= 15 is 0 Å². The topological polar surface area (TPSA) is 119 Å². The quantitative estimate of drug-likeness (QED) is 0.307. The Labute approximate surface area is 254 Å². The smallest absolute Gasteiger partial charge is 0.424 e. The van der Waals surface area contributed by atoms with E-state index in [2.05, 4.69) is 15.6 Å². The van der Waals surface area contributed by atoms with Gasteiger partial charge in [0.1, 0.15) is 17.3 Å². The van der Waals surface area contributed by atoms with Crippen molar-refractivity contribution in [2.45, 2.75) is 43.6 Å². The third-order valence-corrected chi connectivity index (χ3v) is 7.85. The number of amides is 2. The van der Waals surface area contributed by atoms with Crippen LogP contribution in [0.2, 0.25) is 5.02 Å². The highest BCUT2D eigenvalue weighted by atomic mass is 35.5. The number of rotatable bonds is 8. The second-order valence-electron chi connectivity index (χ2n) is 11.1. The van der Waals surface area contributed by atoms with Crippen LogP contribution in [0.3, 0.4) is 0 Å². The first-order valence-corrected chi connectivity index (χ1v) is 13.9. The maximum atomic E-state index is 14.6. The minimum absolute atomic E-state index is 0.0738. The lowest BCUT2D eigenvalue weighted by atomic mass is 9.84. The van der Waals surface area contributed by atoms with Crippen LogP contribution in [0.15, 0.2) is 42.5 Å². The van der Waals surface area contributed by atoms with Crippen LogP contribution in [0.1, 0.15) is 41.9 Å². The van der Waals surface area contributed by atoms with Crippen molar-refractivity contribution in [3.63, 3.8) is 0 Å². The minimum Gasteiger partial charge on any atom is -0.493 e. The number of pyridine rings is 1. The van der Waals surface area contributed by atoms with E-state index in [0.29, 0.717) is 18.5 Å². The van der Waals surface area contributed by atoms with E-state index in [1.165, 1.54) is 37.4 Å². The summed E-state index contributed by atoms with van der Waals surface area (Å²) in [7, 11) is 1.30. The van der Waals surface area contributed by atoms with Crippen LogP contribution in [0.4, 0.5) is 17.6 Å². The van der Waals surface area contributed by atoms with E-state index in [1.54, 1.807) is 13.8 Å². The van der Waals surface area contributed by atoms with E-state index in [0.717, 1.165) is 12.1 Å². The SMILES string of the molecule is COc1cc(C(=O)NCC(O)(c2cc3c(c(-c4ccc(F)c(Cl)c4)n2)OCC3(C)C)C(F)(F)F)ccc1OC1CCNC1=O. The van der Waals surface area contributed by atoms with Gasteiger partial charge >= 0.3 is 6.18 Å². The first-order valence-electron chi connectivity index (χ1n) is 13.5. The van der Waals surface area contributed by atoms with E-state index in [-0.39, 0.29) is 51.6 Å². The molecule has 234 valence electrons. The zero-order chi connectivity index (χ0) is 32.0. The fraction of sp³-hybridized carbons (Fsp3) is 0.367. The molecule has 1 fully saturated rings. The molecule has 0 aliphatic carbocycles. The Kier molecular flexibility index (Phi) is 8.14. The standard InChI is InChI=1S/C30H28ClF4N3O6/c1-28(2)14-43-25-17(28)12-23(38-24(25)15-4-6-19(32)18(31)10-15)29(41,30(33,34)35)13-37-26(39)16-5-7-20(22(11-16)42-3)44-21-8-9-36-27(21)40/h4-7,10-12,21,41H,8-9,13-14H2,1-3H3,(H,36,40)(H,37,39). The molecule has 2 amide bonds. The van der Waals surface area contributed by atoms with Crippen LogP contribution in [-0.4, -0.2) is 61.0 Å². The molecule has 3 aromatic rings. The zero-order valence-electron chi connectivity index (χ0n) is 23.8. The normalized spacial score (nSPS) is 18.6. The van der Waals surface area contributed by atoms with Gasteiger partial charge < -0.3 is 30.0 Å². The molecular formula is C30H28ClF4N3O6. The van der Waals surface area contributed by atoms with Gasteiger partial charge in [0, 0.05) is 35.1 Å². The number of nitrogens with zero attached hydrogens (tertiary/aromatic N) is 1. The van der Waals surface area contributed by atoms with E-state index in [1.807, 2.05) is 0 Å². The minimum atomic E-state index is -5.29. The molecule has 0 radical (unpaired) electrons. The number of aliphatic hydroxyl groups is 1. The third kappa shape index (κ3) is 5.73. The molecule has 2 aliphatic heterocycles. The largest absolute Gasteiger partial charge is 0.493 e. The average Bonchev–Trinajstić information content (AvgIpc) is 3.53. The van der Waals surface area contributed by atoms with Crippen molar-refractivity contribution < 1.29 is 46.5 Å². The number of methoxy groups -OCH3 is 1. The molecule has 2 aliphatic rings. The third-order valence-electron chi connectivity index (χ3n) is 7.56. The number of alkyl halides is 3. The van der Waals surface area contributed by atoms with Gasteiger partial charge in [0.05, 0.1) is 31.0 Å². The van der Waals surface area contributed by atoms with Crippen molar-refractivity contribution in [1.82, 2.24) is 15.6 Å². The number of hydrogen-bond acceptors (Lipinski definition) is 7. The number of carbonyl (C=O) groups excluding carboxylic acids is 2. The molecular weight excluding hydrogens is 610 g/mol. The average molecular weight is 638 g/mol. The molecule has 0 spiro atoms. The van der Waals surface area contributed by atoms with Gasteiger partial charge in [-0.2, -0.15) is 13.2 Å². The molecule has 44 heavy (non-hydrogen) atoms. The number of aromatic nitrogens is 1. The fourth-order valence-corrected chi connectivity index (χ4v) is 5.13. The molecule has 0 saturated carbocycles. The molecule has 2 aromatic carbocycles. The number of nitrogens with one attached hydrogen (secondary N) is 2. The monoisotopic (exact) mass is 637 g/mol. The summed E-state index contributed by atoms with van der Waals surface area (Å²) in [6.45, 7) is 2.76. The molecule has 0 bridgehead atoms. The van der Waals surface area contributed by atoms with Crippen LogP contribution in [-0.2, 0) is 15.8 Å². The Balaban J connectivity index is 1.47.